The lowest BCUT2D eigenvalue weighted by Crippen LogP contribution is -1.96. The molecule has 0 amide bonds. The fourth-order valence-corrected chi connectivity index (χ4v) is 4.39. The van der Waals surface area contributed by atoms with Gasteiger partial charge in [0, 0.05) is 11.0 Å². The molecule has 0 aromatic rings. The molecule has 0 aliphatic carbocycles. The van der Waals surface area contributed by atoms with Gasteiger partial charge in [0.2, 0.25) is 0 Å². The van der Waals surface area contributed by atoms with Crippen LogP contribution in [0.15, 0.2) is 0 Å². The molecule has 0 saturated carbocycles. The van der Waals surface area contributed by atoms with Crippen molar-refractivity contribution >= 4 is 21.6 Å². The minimum absolute atomic E-state index is 0.997. The third-order valence-corrected chi connectivity index (χ3v) is 5.11. The van der Waals surface area contributed by atoms with Crippen LogP contribution in [-0.2, 0) is 0 Å². The molecule has 0 aromatic heterocycles. The fourth-order valence-electron chi connectivity index (χ4n) is 1.36. The van der Waals surface area contributed by atoms with Gasteiger partial charge in [-0.3, -0.25) is 0 Å². The topological polar surface area (TPSA) is 0 Å². The highest BCUT2D eigenvalue weighted by atomic mass is 33.1. The molecule has 0 spiro atoms. The maximum absolute atomic E-state index is 2.28. The molecule has 0 aromatic carbocycles. The summed E-state index contributed by atoms with van der Waals surface area (Å²) in [6, 6.07) is 0. The number of rotatable bonds is 5. The number of hydrogen-bond acceptors (Lipinski definition) is 2. The van der Waals surface area contributed by atoms with E-state index in [0.717, 1.165) is 5.25 Å². The zero-order valence-corrected chi connectivity index (χ0v) is 11.0. The van der Waals surface area contributed by atoms with Gasteiger partial charge >= 0.3 is 0 Å². The third kappa shape index (κ3) is 7.75. The van der Waals surface area contributed by atoms with E-state index in [1.807, 2.05) is 13.8 Å². The van der Waals surface area contributed by atoms with Crippen LogP contribution in [0.3, 0.4) is 0 Å². The molecule has 0 N–H and O–H groups in total. The Morgan fingerprint density at radius 1 is 1.15 bits per heavy atom. The summed E-state index contributed by atoms with van der Waals surface area (Å²) in [6.45, 7) is 6.28. The SMILES string of the molecule is CC.CCCCCCC1CCSS1. The van der Waals surface area contributed by atoms with E-state index in [9.17, 15) is 0 Å². The highest BCUT2D eigenvalue weighted by molar-refractivity contribution is 8.77. The van der Waals surface area contributed by atoms with Crippen molar-refractivity contribution in [1.82, 2.24) is 0 Å². The van der Waals surface area contributed by atoms with Crippen LogP contribution in [0.5, 0.6) is 0 Å². The first kappa shape index (κ1) is 13.7. The normalized spacial score (nSPS) is 21.0. The standard InChI is InChI=1S/C9H18S2.C2H6/c1-2-3-4-5-6-9-7-8-10-11-9;1-2/h9H,2-8H2,1H3;1-2H3. The summed E-state index contributed by atoms with van der Waals surface area (Å²) in [5.74, 6) is 1.39. The molecule has 1 unspecified atom stereocenters. The summed E-state index contributed by atoms with van der Waals surface area (Å²) < 4.78 is 0. The first-order chi connectivity index (χ1) is 6.43. The molecule has 0 bridgehead atoms. The van der Waals surface area contributed by atoms with Crippen LogP contribution in [0.25, 0.3) is 0 Å². The summed E-state index contributed by atoms with van der Waals surface area (Å²) in [7, 11) is 4.18. The van der Waals surface area contributed by atoms with E-state index in [1.54, 1.807) is 0 Å². The Bertz CT molecular complexity index is 88.1. The van der Waals surface area contributed by atoms with Crippen molar-refractivity contribution in [3.63, 3.8) is 0 Å². The summed E-state index contributed by atoms with van der Waals surface area (Å²) in [6.07, 6.45) is 8.65. The Morgan fingerprint density at radius 2 is 1.92 bits per heavy atom. The molecule has 13 heavy (non-hydrogen) atoms. The largest absolute Gasteiger partial charge is 0.0938 e. The smallest absolute Gasteiger partial charge is 0.0159 e. The van der Waals surface area contributed by atoms with Crippen LogP contribution in [-0.4, -0.2) is 11.0 Å². The number of hydrogen-bond donors (Lipinski definition) is 0. The molecular weight excluding hydrogens is 196 g/mol. The molecule has 80 valence electrons. The highest BCUT2D eigenvalue weighted by Crippen LogP contribution is 2.39. The third-order valence-electron chi connectivity index (χ3n) is 2.11. The minimum Gasteiger partial charge on any atom is -0.0938 e. The van der Waals surface area contributed by atoms with E-state index in [4.69, 9.17) is 0 Å². The molecule has 1 aliphatic heterocycles. The van der Waals surface area contributed by atoms with Crippen molar-refractivity contribution in [2.45, 2.75) is 64.5 Å². The lowest BCUT2D eigenvalue weighted by atomic mass is 10.1. The van der Waals surface area contributed by atoms with Crippen LogP contribution in [0.2, 0.25) is 0 Å². The second-order valence-electron chi connectivity index (χ2n) is 3.18. The van der Waals surface area contributed by atoms with Gasteiger partial charge in [0.15, 0.2) is 0 Å². The first-order valence-corrected chi connectivity index (χ1v) is 8.10. The van der Waals surface area contributed by atoms with Crippen LogP contribution in [0.1, 0.15) is 59.3 Å². The van der Waals surface area contributed by atoms with Gasteiger partial charge in [0.1, 0.15) is 0 Å². The minimum atomic E-state index is 0.997. The van der Waals surface area contributed by atoms with Crippen molar-refractivity contribution in [3.8, 4) is 0 Å². The van der Waals surface area contributed by atoms with Gasteiger partial charge in [-0.05, 0) is 12.8 Å². The lowest BCUT2D eigenvalue weighted by Gasteiger charge is -2.05. The summed E-state index contributed by atoms with van der Waals surface area (Å²) in [4.78, 5) is 0. The van der Waals surface area contributed by atoms with Crippen molar-refractivity contribution < 1.29 is 0 Å². The quantitative estimate of drug-likeness (QED) is 0.465. The summed E-state index contributed by atoms with van der Waals surface area (Å²) in [5, 5.41) is 0.997. The van der Waals surface area contributed by atoms with Crippen molar-refractivity contribution in [1.29, 1.82) is 0 Å². The maximum atomic E-state index is 2.28. The van der Waals surface area contributed by atoms with E-state index in [-0.39, 0.29) is 0 Å². The van der Waals surface area contributed by atoms with E-state index in [2.05, 4.69) is 28.5 Å². The molecule has 0 radical (unpaired) electrons. The van der Waals surface area contributed by atoms with Crippen molar-refractivity contribution in [2.75, 3.05) is 5.75 Å². The molecule has 1 rings (SSSR count). The van der Waals surface area contributed by atoms with Gasteiger partial charge in [-0.2, -0.15) is 0 Å². The van der Waals surface area contributed by atoms with Crippen LogP contribution < -0.4 is 0 Å². The van der Waals surface area contributed by atoms with Gasteiger partial charge < -0.3 is 0 Å². The lowest BCUT2D eigenvalue weighted by molar-refractivity contribution is 0.615. The second-order valence-corrected chi connectivity index (χ2v) is 5.97. The average molecular weight is 220 g/mol. The van der Waals surface area contributed by atoms with Gasteiger partial charge in [0.05, 0.1) is 0 Å². The average Bonchev–Trinajstić information content (AvgIpc) is 2.68. The van der Waals surface area contributed by atoms with Gasteiger partial charge in [0.25, 0.3) is 0 Å². The Balaban J connectivity index is 0.000000671. The predicted octanol–water partition coefficient (Wildman–Crippen LogP) is 5.14. The van der Waals surface area contributed by atoms with Crippen molar-refractivity contribution in [2.24, 2.45) is 0 Å². The van der Waals surface area contributed by atoms with Crippen LogP contribution >= 0.6 is 21.6 Å². The second kappa shape index (κ2) is 10.8. The molecule has 1 atom stereocenters. The van der Waals surface area contributed by atoms with Crippen molar-refractivity contribution in [3.05, 3.63) is 0 Å². The maximum Gasteiger partial charge on any atom is 0.0159 e. The van der Waals surface area contributed by atoms with Gasteiger partial charge in [-0.1, -0.05) is 68.0 Å². The Morgan fingerprint density at radius 3 is 2.46 bits per heavy atom. The molecule has 1 heterocycles. The Kier molecular flexibility index (Phi) is 11.4. The molecule has 0 nitrogen and oxygen atoms in total. The first-order valence-electron chi connectivity index (χ1n) is 5.71. The molecule has 1 saturated heterocycles. The Labute approximate surface area is 92.0 Å². The van der Waals surface area contributed by atoms with E-state index >= 15 is 0 Å². The number of unbranched alkanes of at least 4 members (excludes halogenated alkanes) is 3. The van der Waals surface area contributed by atoms with Gasteiger partial charge in [-0.15, -0.1) is 0 Å². The summed E-state index contributed by atoms with van der Waals surface area (Å²) in [5.41, 5.74) is 0. The van der Waals surface area contributed by atoms with Gasteiger partial charge in [-0.25, -0.2) is 0 Å². The molecule has 1 fully saturated rings. The molecule has 1 aliphatic rings. The fraction of sp³-hybridized carbons (Fsp3) is 1.00. The van der Waals surface area contributed by atoms with E-state index < -0.39 is 0 Å². The zero-order chi connectivity index (χ0) is 9.94. The monoisotopic (exact) mass is 220 g/mol. The molecular formula is C11H24S2. The summed E-state index contributed by atoms with van der Waals surface area (Å²) >= 11 is 0. The Hall–Kier alpha value is 0.700. The zero-order valence-electron chi connectivity index (χ0n) is 9.34. The van der Waals surface area contributed by atoms with E-state index in [0.29, 0.717) is 0 Å². The highest BCUT2D eigenvalue weighted by Gasteiger charge is 2.15. The molecule has 2 heteroatoms. The van der Waals surface area contributed by atoms with Crippen LogP contribution in [0, 0.1) is 0 Å². The van der Waals surface area contributed by atoms with E-state index in [1.165, 1.54) is 44.3 Å². The predicted molar refractivity (Wildman–Crippen MR) is 68.6 cm³/mol. The van der Waals surface area contributed by atoms with Crippen LogP contribution in [0.4, 0.5) is 0 Å².